The van der Waals surface area contributed by atoms with Crippen molar-refractivity contribution in [2.45, 2.75) is 6.92 Å². The molecule has 18 heavy (non-hydrogen) atoms. The molecule has 1 N–H and O–H groups in total. The Labute approximate surface area is 104 Å². The smallest absolute Gasteiger partial charge is 0.358 e. The van der Waals surface area contributed by atoms with Gasteiger partial charge in [0.15, 0.2) is 5.69 Å². The molecule has 2 heterocycles. The van der Waals surface area contributed by atoms with Gasteiger partial charge in [0.25, 0.3) is 0 Å². The number of pyridine rings is 1. The predicted molar refractivity (Wildman–Crippen MR) is 65.6 cm³/mol. The molecule has 2 aromatic rings. The highest BCUT2D eigenvalue weighted by Crippen LogP contribution is 2.13. The highest BCUT2D eigenvalue weighted by Gasteiger charge is 2.07. The Morgan fingerprint density at radius 1 is 1.22 bits per heavy atom. The summed E-state index contributed by atoms with van der Waals surface area (Å²) in [6, 6.07) is 1.93. The topological polar surface area (TPSA) is 77.0 Å². The van der Waals surface area contributed by atoms with Crippen LogP contribution in [0.3, 0.4) is 0 Å². The number of nitrogens with zero attached hydrogens (tertiary/aromatic N) is 3. The van der Waals surface area contributed by atoms with E-state index in [2.05, 4.69) is 25.0 Å². The molecule has 0 aliphatic heterocycles. The Hall–Kier alpha value is -2.50. The Balaban J connectivity index is 2.13. The lowest BCUT2D eigenvalue weighted by molar-refractivity contribution is 0.0593. The van der Waals surface area contributed by atoms with Crippen molar-refractivity contribution in [2.24, 2.45) is 0 Å². The SMILES string of the molecule is COC(=O)c1cnc(Nc2cncc(C)c2)cn1. The van der Waals surface area contributed by atoms with Crippen LogP contribution in [0.2, 0.25) is 0 Å². The summed E-state index contributed by atoms with van der Waals surface area (Å²) in [4.78, 5) is 23.2. The fourth-order valence-electron chi connectivity index (χ4n) is 1.37. The summed E-state index contributed by atoms with van der Waals surface area (Å²) in [6.45, 7) is 1.95. The van der Waals surface area contributed by atoms with Gasteiger partial charge in [-0.2, -0.15) is 0 Å². The van der Waals surface area contributed by atoms with Crippen molar-refractivity contribution in [3.8, 4) is 0 Å². The minimum atomic E-state index is -0.508. The van der Waals surface area contributed by atoms with E-state index in [1.807, 2.05) is 13.0 Å². The number of rotatable bonds is 3. The van der Waals surface area contributed by atoms with Crippen LogP contribution >= 0.6 is 0 Å². The molecule has 0 fully saturated rings. The standard InChI is InChI=1S/C12H12N4O2/c1-8-3-9(5-13-4-8)16-11-7-14-10(6-15-11)12(17)18-2/h3-7H,1-2H3,(H,15,16). The number of aromatic nitrogens is 3. The van der Waals surface area contributed by atoms with Gasteiger partial charge in [0, 0.05) is 6.20 Å². The average molecular weight is 244 g/mol. The maximum absolute atomic E-state index is 11.2. The van der Waals surface area contributed by atoms with Crippen molar-refractivity contribution in [1.82, 2.24) is 15.0 Å². The largest absolute Gasteiger partial charge is 0.464 e. The molecular weight excluding hydrogens is 232 g/mol. The van der Waals surface area contributed by atoms with E-state index in [9.17, 15) is 4.79 Å². The van der Waals surface area contributed by atoms with Gasteiger partial charge in [0.2, 0.25) is 0 Å². The lowest BCUT2D eigenvalue weighted by Crippen LogP contribution is -2.05. The third-order valence-electron chi connectivity index (χ3n) is 2.19. The molecule has 0 amide bonds. The average Bonchev–Trinajstić information content (AvgIpc) is 2.39. The van der Waals surface area contributed by atoms with Gasteiger partial charge < -0.3 is 10.1 Å². The Morgan fingerprint density at radius 2 is 2.06 bits per heavy atom. The van der Waals surface area contributed by atoms with Crippen LogP contribution in [0.4, 0.5) is 11.5 Å². The van der Waals surface area contributed by atoms with E-state index in [-0.39, 0.29) is 5.69 Å². The summed E-state index contributed by atoms with van der Waals surface area (Å²) in [7, 11) is 1.30. The Kier molecular flexibility index (Phi) is 3.47. The number of carbonyl (C=O) groups is 1. The predicted octanol–water partition coefficient (Wildman–Crippen LogP) is 1.71. The number of hydrogen-bond donors (Lipinski definition) is 1. The molecule has 0 radical (unpaired) electrons. The highest BCUT2D eigenvalue weighted by atomic mass is 16.5. The molecule has 0 bridgehead atoms. The Morgan fingerprint density at radius 3 is 2.67 bits per heavy atom. The van der Waals surface area contributed by atoms with Crippen molar-refractivity contribution in [3.05, 3.63) is 42.1 Å². The number of methoxy groups -OCH3 is 1. The molecule has 0 aliphatic carbocycles. The zero-order chi connectivity index (χ0) is 13.0. The molecular formula is C12H12N4O2. The van der Waals surface area contributed by atoms with Crippen LogP contribution in [-0.4, -0.2) is 28.0 Å². The van der Waals surface area contributed by atoms with Crippen LogP contribution in [0.15, 0.2) is 30.9 Å². The minimum Gasteiger partial charge on any atom is -0.464 e. The second-order valence-corrected chi connectivity index (χ2v) is 3.65. The number of hydrogen-bond acceptors (Lipinski definition) is 6. The van der Waals surface area contributed by atoms with Crippen LogP contribution in [0.5, 0.6) is 0 Å². The van der Waals surface area contributed by atoms with Crippen LogP contribution in [0.1, 0.15) is 16.1 Å². The molecule has 0 saturated carbocycles. The lowest BCUT2D eigenvalue weighted by atomic mass is 10.3. The molecule has 6 heteroatoms. The van der Waals surface area contributed by atoms with Gasteiger partial charge in [0.1, 0.15) is 5.82 Å². The maximum atomic E-state index is 11.2. The van der Waals surface area contributed by atoms with E-state index in [1.54, 1.807) is 12.4 Å². The quantitative estimate of drug-likeness (QED) is 0.828. The summed E-state index contributed by atoms with van der Waals surface area (Å²) in [6.07, 6.45) is 6.27. The van der Waals surface area contributed by atoms with E-state index < -0.39 is 5.97 Å². The summed E-state index contributed by atoms with van der Waals surface area (Å²) < 4.78 is 4.54. The van der Waals surface area contributed by atoms with Gasteiger partial charge in [-0.05, 0) is 18.6 Å². The van der Waals surface area contributed by atoms with Gasteiger partial charge >= 0.3 is 5.97 Å². The molecule has 0 unspecified atom stereocenters. The first-order valence-electron chi connectivity index (χ1n) is 5.28. The molecule has 2 aromatic heterocycles. The summed E-state index contributed by atoms with van der Waals surface area (Å²) in [5.41, 5.74) is 2.03. The highest BCUT2D eigenvalue weighted by molar-refractivity contribution is 5.86. The first-order valence-corrected chi connectivity index (χ1v) is 5.28. The van der Waals surface area contributed by atoms with Gasteiger partial charge in [-0.1, -0.05) is 0 Å². The van der Waals surface area contributed by atoms with Crippen molar-refractivity contribution in [1.29, 1.82) is 0 Å². The number of ether oxygens (including phenoxy) is 1. The second-order valence-electron chi connectivity index (χ2n) is 3.65. The minimum absolute atomic E-state index is 0.172. The van der Waals surface area contributed by atoms with E-state index in [0.717, 1.165) is 11.3 Å². The van der Waals surface area contributed by atoms with Gasteiger partial charge in [-0.25, -0.2) is 14.8 Å². The van der Waals surface area contributed by atoms with Gasteiger partial charge in [-0.3, -0.25) is 4.98 Å². The second kappa shape index (κ2) is 5.22. The summed E-state index contributed by atoms with van der Waals surface area (Å²) in [5.74, 6) is 0.0290. The normalized spacial score (nSPS) is 9.89. The molecule has 0 aliphatic rings. The fraction of sp³-hybridized carbons (Fsp3) is 0.167. The molecule has 0 aromatic carbocycles. The van der Waals surface area contributed by atoms with Crippen molar-refractivity contribution >= 4 is 17.5 Å². The van der Waals surface area contributed by atoms with Gasteiger partial charge in [-0.15, -0.1) is 0 Å². The number of aryl methyl sites for hydroxylation is 1. The monoisotopic (exact) mass is 244 g/mol. The molecule has 0 spiro atoms. The summed E-state index contributed by atoms with van der Waals surface area (Å²) in [5, 5.41) is 3.04. The van der Waals surface area contributed by atoms with Crippen LogP contribution in [0.25, 0.3) is 0 Å². The zero-order valence-electron chi connectivity index (χ0n) is 10.0. The van der Waals surface area contributed by atoms with E-state index in [4.69, 9.17) is 0 Å². The van der Waals surface area contributed by atoms with Crippen LogP contribution in [-0.2, 0) is 4.74 Å². The van der Waals surface area contributed by atoms with Crippen molar-refractivity contribution in [3.63, 3.8) is 0 Å². The number of anilines is 2. The number of esters is 1. The van der Waals surface area contributed by atoms with E-state index >= 15 is 0 Å². The van der Waals surface area contributed by atoms with Crippen molar-refractivity contribution in [2.75, 3.05) is 12.4 Å². The third-order valence-corrected chi connectivity index (χ3v) is 2.19. The molecule has 92 valence electrons. The molecule has 0 atom stereocenters. The van der Waals surface area contributed by atoms with Crippen molar-refractivity contribution < 1.29 is 9.53 Å². The maximum Gasteiger partial charge on any atom is 0.358 e. The van der Waals surface area contributed by atoms with Crippen LogP contribution < -0.4 is 5.32 Å². The molecule has 0 saturated heterocycles. The fourth-order valence-corrected chi connectivity index (χ4v) is 1.37. The van der Waals surface area contributed by atoms with E-state index in [1.165, 1.54) is 19.5 Å². The third kappa shape index (κ3) is 2.79. The van der Waals surface area contributed by atoms with Crippen LogP contribution in [0, 0.1) is 6.92 Å². The summed E-state index contributed by atoms with van der Waals surface area (Å²) >= 11 is 0. The zero-order valence-corrected chi connectivity index (χ0v) is 10.0. The van der Waals surface area contributed by atoms with E-state index in [0.29, 0.717) is 5.82 Å². The first-order chi connectivity index (χ1) is 8.69. The molecule has 2 rings (SSSR count). The molecule has 6 nitrogen and oxygen atoms in total. The first kappa shape index (κ1) is 12.0. The number of carbonyl (C=O) groups excluding carboxylic acids is 1. The number of nitrogens with one attached hydrogen (secondary N) is 1. The lowest BCUT2D eigenvalue weighted by Gasteiger charge is -2.05. The Bertz CT molecular complexity index is 554. The van der Waals surface area contributed by atoms with Gasteiger partial charge in [0.05, 0.1) is 31.4 Å².